The highest BCUT2D eigenvalue weighted by atomic mass is 15.1. The molecule has 0 unspecified atom stereocenters. The van der Waals surface area contributed by atoms with Gasteiger partial charge in [0.1, 0.15) is 0 Å². The summed E-state index contributed by atoms with van der Waals surface area (Å²) in [6, 6.07) is 4.04. The lowest BCUT2D eigenvalue weighted by atomic mass is 10.2. The van der Waals surface area contributed by atoms with Crippen molar-refractivity contribution in [2.75, 3.05) is 18.5 Å². The van der Waals surface area contributed by atoms with E-state index in [0.29, 0.717) is 5.92 Å². The Kier molecular flexibility index (Phi) is 3.09. The summed E-state index contributed by atoms with van der Waals surface area (Å²) in [5.74, 6) is 0.690. The molecule has 0 atom stereocenters. The normalized spacial score (nSPS) is 10.3. The Morgan fingerprint density at radius 1 is 1.50 bits per heavy atom. The van der Waals surface area contributed by atoms with Crippen molar-refractivity contribution in [3.8, 4) is 0 Å². The number of nitrogens with zero attached hydrogens (tertiary/aromatic N) is 2. The third-order valence-electron chi connectivity index (χ3n) is 1.73. The first-order valence-corrected chi connectivity index (χ1v) is 4.31. The zero-order valence-corrected chi connectivity index (χ0v) is 7.99. The van der Waals surface area contributed by atoms with Crippen LogP contribution in [-0.2, 0) is 0 Å². The summed E-state index contributed by atoms with van der Waals surface area (Å²) in [7, 11) is 2.09. The number of pyridine rings is 1. The lowest BCUT2D eigenvalue weighted by molar-refractivity contribution is 0.638. The summed E-state index contributed by atoms with van der Waals surface area (Å²) in [4.78, 5) is 6.29. The molecule has 2 nitrogen and oxygen atoms in total. The summed E-state index contributed by atoms with van der Waals surface area (Å²) >= 11 is 0. The summed E-state index contributed by atoms with van der Waals surface area (Å²) in [5.41, 5.74) is 1.19. The predicted molar refractivity (Wildman–Crippen MR) is 52.3 cm³/mol. The topological polar surface area (TPSA) is 16.1 Å². The summed E-state index contributed by atoms with van der Waals surface area (Å²) in [5, 5.41) is 0. The van der Waals surface area contributed by atoms with Gasteiger partial charge in [0.15, 0.2) is 0 Å². The molecule has 0 aromatic carbocycles. The summed E-state index contributed by atoms with van der Waals surface area (Å²) < 4.78 is 0. The highest BCUT2D eigenvalue weighted by molar-refractivity contribution is 5.42. The SMILES string of the molecule is CC(C)CN(C)c1cccnc1. The monoisotopic (exact) mass is 164 g/mol. The van der Waals surface area contributed by atoms with Crippen molar-refractivity contribution in [3.63, 3.8) is 0 Å². The van der Waals surface area contributed by atoms with E-state index in [-0.39, 0.29) is 0 Å². The molecule has 1 aromatic heterocycles. The van der Waals surface area contributed by atoms with Crippen molar-refractivity contribution < 1.29 is 0 Å². The Labute approximate surface area is 74.2 Å². The van der Waals surface area contributed by atoms with Crippen LogP contribution in [0.2, 0.25) is 0 Å². The van der Waals surface area contributed by atoms with Gasteiger partial charge in [-0.25, -0.2) is 0 Å². The zero-order valence-electron chi connectivity index (χ0n) is 7.99. The van der Waals surface area contributed by atoms with Crippen molar-refractivity contribution in [1.29, 1.82) is 0 Å². The average molecular weight is 164 g/mol. The molecule has 1 aromatic rings. The first-order chi connectivity index (χ1) is 5.70. The van der Waals surface area contributed by atoms with Crippen molar-refractivity contribution >= 4 is 5.69 Å². The molecule has 0 radical (unpaired) electrons. The van der Waals surface area contributed by atoms with Gasteiger partial charge in [0, 0.05) is 19.8 Å². The minimum Gasteiger partial charge on any atom is -0.373 e. The van der Waals surface area contributed by atoms with Crippen LogP contribution in [-0.4, -0.2) is 18.6 Å². The second kappa shape index (κ2) is 4.10. The van der Waals surface area contributed by atoms with Crippen molar-refractivity contribution in [2.45, 2.75) is 13.8 Å². The molecular formula is C10H16N2. The van der Waals surface area contributed by atoms with Gasteiger partial charge in [-0.2, -0.15) is 0 Å². The molecule has 0 aliphatic heterocycles. The first-order valence-electron chi connectivity index (χ1n) is 4.31. The highest BCUT2D eigenvalue weighted by Crippen LogP contribution is 2.10. The van der Waals surface area contributed by atoms with Crippen LogP contribution in [0.5, 0.6) is 0 Å². The molecule has 0 amide bonds. The Balaban J connectivity index is 2.59. The Morgan fingerprint density at radius 2 is 2.25 bits per heavy atom. The van der Waals surface area contributed by atoms with E-state index in [0.717, 1.165) is 6.54 Å². The fraction of sp³-hybridized carbons (Fsp3) is 0.500. The van der Waals surface area contributed by atoms with Crippen LogP contribution in [0.25, 0.3) is 0 Å². The fourth-order valence-electron chi connectivity index (χ4n) is 1.23. The maximum Gasteiger partial charge on any atom is 0.0550 e. The average Bonchev–Trinajstić information content (AvgIpc) is 2.05. The summed E-state index contributed by atoms with van der Waals surface area (Å²) in [6.45, 7) is 5.51. The van der Waals surface area contributed by atoms with Gasteiger partial charge in [-0.05, 0) is 18.1 Å². The lowest BCUT2D eigenvalue weighted by Gasteiger charge is -2.20. The third-order valence-corrected chi connectivity index (χ3v) is 1.73. The van der Waals surface area contributed by atoms with Gasteiger partial charge in [0.2, 0.25) is 0 Å². The molecule has 0 N–H and O–H groups in total. The predicted octanol–water partition coefficient (Wildman–Crippen LogP) is 2.17. The largest absolute Gasteiger partial charge is 0.373 e. The molecule has 0 fully saturated rings. The Bertz CT molecular complexity index is 219. The Morgan fingerprint density at radius 3 is 2.75 bits per heavy atom. The second-order valence-corrected chi connectivity index (χ2v) is 3.49. The van der Waals surface area contributed by atoms with Crippen LogP contribution in [0, 0.1) is 5.92 Å². The molecule has 1 rings (SSSR count). The standard InChI is InChI=1S/C10H16N2/c1-9(2)8-12(3)10-5-4-6-11-7-10/h4-7,9H,8H2,1-3H3. The van der Waals surface area contributed by atoms with Crippen molar-refractivity contribution in [1.82, 2.24) is 4.98 Å². The first kappa shape index (κ1) is 9.04. The van der Waals surface area contributed by atoms with Crippen LogP contribution >= 0.6 is 0 Å². The van der Waals surface area contributed by atoms with Gasteiger partial charge in [0.05, 0.1) is 11.9 Å². The lowest BCUT2D eigenvalue weighted by Crippen LogP contribution is -2.22. The number of aromatic nitrogens is 1. The van der Waals surface area contributed by atoms with Gasteiger partial charge in [-0.3, -0.25) is 4.98 Å². The van der Waals surface area contributed by atoms with Crippen LogP contribution in [0.15, 0.2) is 24.5 Å². The van der Waals surface area contributed by atoms with E-state index >= 15 is 0 Å². The van der Waals surface area contributed by atoms with E-state index < -0.39 is 0 Å². The van der Waals surface area contributed by atoms with Crippen molar-refractivity contribution in [3.05, 3.63) is 24.5 Å². The molecule has 66 valence electrons. The van der Waals surface area contributed by atoms with E-state index in [1.807, 2.05) is 12.3 Å². The molecule has 0 bridgehead atoms. The molecule has 0 aliphatic carbocycles. The molecule has 0 saturated carbocycles. The minimum atomic E-state index is 0.690. The van der Waals surface area contributed by atoms with Gasteiger partial charge < -0.3 is 4.90 Å². The maximum absolute atomic E-state index is 4.07. The number of rotatable bonds is 3. The Hall–Kier alpha value is -1.05. The van der Waals surface area contributed by atoms with E-state index in [4.69, 9.17) is 0 Å². The number of hydrogen-bond acceptors (Lipinski definition) is 2. The van der Waals surface area contributed by atoms with Crippen LogP contribution < -0.4 is 4.90 Å². The summed E-state index contributed by atoms with van der Waals surface area (Å²) in [6.07, 6.45) is 3.69. The van der Waals surface area contributed by atoms with E-state index in [2.05, 4.69) is 36.8 Å². The molecule has 0 saturated heterocycles. The molecule has 12 heavy (non-hydrogen) atoms. The molecule has 2 heteroatoms. The third kappa shape index (κ3) is 2.53. The maximum atomic E-state index is 4.07. The molecular weight excluding hydrogens is 148 g/mol. The smallest absolute Gasteiger partial charge is 0.0550 e. The van der Waals surface area contributed by atoms with Crippen molar-refractivity contribution in [2.24, 2.45) is 5.92 Å². The van der Waals surface area contributed by atoms with E-state index in [1.165, 1.54) is 5.69 Å². The van der Waals surface area contributed by atoms with Crippen LogP contribution in [0.3, 0.4) is 0 Å². The quantitative estimate of drug-likeness (QED) is 0.680. The molecule has 1 heterocycles. The number of hydrogen-bond donors (Lipinski definition) is 0. The minimum absolute atomic E-state index is 0.690. The van der Waals surface area contributed by atoms with Crippen LogP contribution in [0.4, 0.5) is 5.69 Å². The van der Waals surface area contributed by atoms with E-state index in [9.17, 15) is 0 Å². The molecule has 0 spiro atoms. The fourth-order valence-corrected chi connectivity index (χ4v) is 1.23. The van der Waals surface area contributed by atoms with E-state index in [1.54, 1.807) is 6.20 Å². The molecule has 0 aliphatic rings. The van der Waals surface area contributed by atoms with Gasteiger partial charge in [0.25, 0.3) is 0 Å². The van der Waals surface area contributed by atoms with Gasteiger partial charge in [-0.15, -0.1) is 0 Å². The number of anilines is 1. The van der Waals surface area contributed by atoms with Crippen LogP contribution in [0.1, 0.15) is 13.8 Å². The second-order valence-electron chi connectivity index (χ2n) is 3.49. The van der Waals surface area contributed by atoms with Gasteiger partial charge >= 0.3 is 0 Å². The highest BCUT2D eigenvalue weighted by Gasteiger charge is 2.01. The van der Waals surface area contributed by atoms with Gasteiger partial charge in [-0.1, -0.05) is 13.8 Å². The zero-order chi connectivity index (χ0) is 8.97.